The number of carbonyl (C=O) groups excluding carboxylic acids is 1. The summed E-state index contributed by atoms with van der Waals surface area (Å²) in [6.45, 7) is 7.89. The summed E-state index contributed by atoms with van der Waals surface area (Å²) in [4.78, 5) is 22.8. The van der Waals surface area contributed by atoms with E-state index in [-0.39, 0.29) is 18.3 Å². The molecule has 0 spiro atoms. The molecule has 40 heavy (non-hydrogen) atoms. The topological polar surface area (TPSA) is 113 Å². The molecule has 2 N–H and O–H groups in total. The molecule has 3 aromatic rings. The van der Waals surface area contributed by atoms with Crippen LogP contribution in [-0.2, 0) is 19.4 Å². The van der Waals surface area contributed by atoms with Gasteiger partial charge in [0, 0.05) is 73.7 Å². The molecule has 1 aliphatic carbocycles. The number of piperazine rings is 1. The normalized spacial score (nSPS) is 18.3. The Kier molecular flexibility index (Phi) is 6.96. The highest BCUT2D eigenvalue weighted by atomic mass is 32.3. The van der Waals surface area contributed by atoms with E-state index in [2.05, 4.69) is 40.8 Å². The van der Waals surface area contributed by atoms with Gasteiger partial charge in [0.15, 0.2) is 5.78 Å². The number of nitrogens with zero attached hydrogens (tertiary/aromatic N) is 4. The smallest absolute Gasteiger partial charge is 0.195 e. The Morgan fingerprint density at radius 1 is 1.18 bits per heavy atom. The molecular weight excluding hydrogens is 526 g/mol. The number of H-pyrrole nitrogens is 1. The highest BCUT2D eigenvalue weighted by Crippen LogP contribution is 2.49. The predicted molar refractivity (Wildman–Crippen MR) is 159 cm³/mol. The van der Waals surface area contributed by atoms with Crippen LogP contribution in [0.1, 0.15) is 46.6 Å². The van der Waals surface area contributed by atoms with Gasteiger partial charge in [-0.1, -0.05) is 19.9 Å². The lowest BCUT2D eigenvalue weighted by molar-refractivity contribution is 0.103. The molecule has 1 saturated heterocycles. The average Bonchev–Trinajstić information content (AvgIpc) is 3.32. The SMILES string of the molecule is COCS(C)(=O)(c1cc2c(cc1N1CCN(CCO)CC1)C(C)(C)c1[nH]c3cc(C#N)ccc3c1C2=O)N(C)C. The van der Waals surface area contributed by atoms with Crippen molar-refractivity contribution in [2.75, 3.05) is 77.6 Å². The van der Waals surface area contributed by atoms with Gasteiger partial charge in [-0.25, -0.2) is 4.31 Å². The molecule has 1 aliphatic heterocycles. The van der Waals surface area contributed by atoms with Crippen LogP contribution >= 0.6 is 0 Å². The summed E-state index contributed by atoms with van der Waals surface area (Å²) in [5, 5.41) is 19.6. The lowest BCUT2D eigenvalue weighted by Gasteiger charge is -2.48. The van der Waals surface area contributed by atoms with Gasteiger partial charge < -0.3 is 19.7 Å². The van der Waals surface area contributed by atoms with Gasteiger partial charge in [-0.2, -0.15) is 5.26 Å². The lowest BCUT2D eigenvalue weighted by Crippen LogP contribution is -2.52. The first-order valence-corrected chi connectivity index (χ1v) is 16.0. The zero-order valence-electron chi connectivity index (χ0n) is 24.2. The Morgan fingerprint density at radius 2 is 1.88 bits per heavy atom. The Bertz CT molecular complexity index is 1610. The second-order valence-electron chi connectivity index (χ2n) is 11.8. The predicted octanol–water partition coefficient (Wildman–Crippen LogP) is 2.91. The number of aliphatic hydroxyl groups is 1. The molecule has 0 unspecified atom stereocenters. The number of β-amino-alcohol motifs (C(OH)–C–C–N with tert-alkyl or cyclic N) is 1. The number of aliphatic hydroxyl groups excluding tert-OH is 1. The molecule has 0 radical (unpaired) electrons. The molecule has 9 nitrogen and oxygen atoms in total. The Balaban J connectivity index is 1.76. The second-order valence-corrected chi connectivity index (χ2v) is 16.2. The van der Waals surface area contributed by atoms with Crippen molar-refractivity contribution in [3.8, 4) is 6.07 Å². The van der Waals surface area contributed by atoms with Crippen LogP contribution in [0.25, 0.3) is 10.9 Å². The third-order valence-corrected chi connectivity index (χ3v) is 13.0. The number of aromatic amines is 1. The molecule has 0 bridgehead atoms. The van der Waals surface area contributed by atoms with E-state index in [1.54, 1.807) is 43.9 Å². The van der Waals surface area contributed by atoms with Crippen molar-refractivity contribution in [1.29, 1.82) is 5.26 Å². The quantitative estimate of drug-likeness (QED) is 0.453. The van der Waals surface area contributed by atoms with Gasteiger partial charge >= 0.3 is 0 Å². The van der Waals surface area contributed by atoms with Gasteiger partial charge in [-0.3, -0.25) is 13.9 Å². The van der Waals surface area contributed by atoms with Crippen molar-refractivity contribution in [1.82, 2.24) is 14.2 Å². The van der Waals surface area contributed by atoms with Crippen LogP contribution in [0.2, 0.25) is 0 Å². The fraction of sp³-hybridized carbons (Fsp3) is 0.467. The molecule has 2 aromatic carbocycles. The maximum Gasteiger partial charge on any atom is 0.195 e. The zero-order valence-corrected chi connectivity index (χ0v) is 25.0. The third-order valence-electron chi connectivity index (χ3n) is 8.84. The molecule has 10 heteroatoms. The highest BCUT2D eigenvalue weighted by Gasteiger charge is 2.45. The van der Waals surface area contributed by atoms with E-state index in [9.17, 15) is 15.2 Å². The number of nitrogens with one attached hydrogen (secondary N) is 1. The van der Waals surface area contributed by atoms with E-state index in [4.69, 9.17) is 4.74 Å². The first-order chi connectivity index (χ1) is 18.9. The number of ether oxygens (including phenoxy) is 1. The van der Waals surface area contributed by atoms with E-state index in [1.807, 2.05) is 12.1 Å². The van der Waals surface area contributed by atoms with Crippen LogP contribution in [0.5, 0.6) is 0 Å². The Hall–Kier alpha value is -3.07. The van der Waals surface area contributed by atoms with Crippen LogP contribution in [0, 0.1) is 11.3 Å². The molecule has 2 aliphatic rings. The van der Waals surface area contributed by atoms with Crippen LogP contribution in [0.3, 0.4) is 0 Å². The third kappa shape index (κ3) is 4.19. The Labute approximate surface area is 235 Å². The lowest BCUT2D eigenvalue weighted by atomic mass is 9.71. The largest absolute Gasteiger partial charge is 0.395 e. The summed E-state index contributed by atoms with van der Waals surface area (Å²) in [5.74, 6) is -0.125. The van der Waals surface area contributed by atoms with Gasteiger partial charge in [-0.05, 0) is 53.2 Å². The molecule has 0 amide bonds. The summed E-state index contributed by atoms with van der Waals surface area (Å²) >= 11 is 0. The average molecular weight is 566 g/mol. The van der Waals surface area contributed by atoms with Gasteiger partial charge in [0.2, 0.25) is 0 Å². The number of aromatic nitrogens is 1. The van der Waals surface area contributed by atoms with Crippen molar-refractivity contribution < 1.29 is 18.8 Å². The number of methoxy groups -OCH3 is 1. The number of nitriles is 1. The summed E-state index contributed by atoms with van der Waals surface area (Å²) in [6, 6.07) is 11.4. The maximum absolute atomic E-state index is 15.1. The number of anilines is 1. The molecule has 5 rings (SSSR count). The molecule has 1 fully saturated rings. The van der Waals surface area contributed by atoms with E-state index in [0.717, 1.165) is 40.9 Å². The van der Waals surface area contributed by atoms with Gasteiger partial charge in [0.05, 0.1) is 34.4 Å². The first-order valence-electron chi connectivity index (χ1n) is 13.5. The number of ketones is 1. The summed E-state index contributed by atoms with van der Waals surface area (Å²) < 4.78 is 22.5. The molecule has 2 heterocycles. The van der Waals surface area contributed by atoms with Crippen LogP contribution in [-0.4, -0.2) is 102 Å². The van der Waals surface area contributed by atoms with E-state index in [0.29, 0.717) is 41.2 Å². The Morgan fingerprint density at radius 3 is 2.48 bits per heavy atom. The highest BCUT2D eigenvalue weighted by molar-refractivity contribution is 8.17. The summed E-state index contributed by atoms with van der Waals surface area (Å²) in [7, 11) is 1.39. The van der Waals surface area contributed by atoms with Gasteiger partial charge in [0.1, 0.15) is 5.94 Å². The van der Waals surface area contributed by atoms with Crippen molar-refractivity contribution in [2.45, 2.75) is 24.2 Å². The summed E-state index contributed by atoms with van der Waals surface area (Å²) in [6.07, 6.45) is 1.74. The monoisotopic (exact) mass is 565 g/mol. The molecule has 214 valence electrons. The van der Waals surface area contributed by atoms with Gasteiger partial charge in [-0.15, -0.1) is 0 Å². The number of rotatable bonds is 7. The zero-order chi connectivity index (χ0) is 29.1. The van der Waals surface area contributed by atoms with Crippen molar-refractivity contribution in [2.24, 2.45) is 0 Å². The molecule has 0 atom stereocenters. The van der Waals surface area contributed by atoms with Gasteiger partial charge in [0.25, 0.3) is 0 Å². The fourth-order valence-corrected chi connectivity index (χ4v) is 8.61. The number of fused-ring (bicyclic) bond motifs is 4. The minimum Gasteiger partial charge on any atom is -0.395 e. The number of carbonyl (C=O) groups is 1. The molecule has 1 aromatic heterocycles. The van der Waals surface area contributed by atoms with Crippen molar-refractivity contribution >= 4 is 31.6 Å². The first kappa shape index (κ1) is 28.5. The standard InChI is InChI=1S/C30H39N5O4S/c1-30(2)23-17-25(35-11-9-34(10-12-35)13-14-36)26(40(6,38,19-39-5)33(3)4)16-22(23)28(37)27-21-8-7-20(18-31)15-24(21)32-29(27)30/h7-8,15-17,32,36H,9-14,19H2,1-6H3. The minimum absolute atomic E-state index is 0.00663. The summed E-state index contributed by atoms with van der Waals surface area (Å²) in [5.41, 5.74) is 4.41. The number of hydrogen-bond donors (Lipinski definition) is 2. The minimum atomic E-state index is -3.76. The maximum atomic E-state index is 15.1. The van der Waals surface area contributed by atoms with Crippen molar-refractivity contribution in [3.63, 3.8) is 0 Å². The van der Waals surface area contributed by atoms with E-state index < -0.39 is 14.7 Å². The van der Waals surface area contributed by atoms with E-state index in [1.165, 1.54) is 0 Å². The second kappa shape index (κ2) is 9.79. The van der Waals surface area contributed by atoms with Crippen LogP contribution in [0.4, 0.5) is 5.69 Å². The number of hydrogen-bond acceptors (Lipinski definition) is 7. The van der Waals surface area contributed by atoms with E-state index >= 15 is 4.21 Å². The number of benzene rings is 2. The molecule has 0 saturated carbocycles. The van der Waals surface area contributed by atoms with Crippen LogP contribution in [0.15, 0.2) is 35.2 Å². The molecular formula is C30H39N5O4S. The van der Waals surface area contributed by atoms with Crippen LogP contribution < -0.4 is 4.90 Å². The van der Waals surface area contributed by atoms with Crippen molar-refractivity contribution in [3.05, 3.63) is 58.3 Å². The fourth-order valence-electron chi connectivity index (χ4n) is 6.18.